The number of carbonyl (C=O) groups is 4. The van der Waals surface area contributed by atoms with Crippen LogP contribution in [0.3, 0.4) is 0 Å². The van der Waals surface area contributed by atoms with Gasteiger partial charge in [-0.2, -0.15) is 0 Å². The summed E-state index contributed by atoms with van der Waals surface area (Å²) < 4.78 is 15.0. The van der Waals surface area contributed by atoms with Gasteiger partial charge in [0.25, 0.3) is 11.8 Å². The van der Waals surface area contributed by atoms with E-state index >= 15 is 4.39 Å². The van der Waals surface area contributed by atoms with E-state index in [1.165, 1.54) is 11.0 Å². The van der Waals surface area contributed by atoms with Crippen molar-refractivity contribution >= 4 is 29.3 Å². The monoisotopic (exact) mass is 464 g/mol. The molecule has 2 fully saturated rings. The molecule has 9 heteroatoms. The van der Waals surface area contributed by atoms with E-state index in [9.17, 15) is 19.2 Å². The number of aryl methyl sites for hydroxylation is 1. The molecule has 2 aromatic rings. The van der Waals surface area contributed by atoms with E-state index in [-0.39, 0.29) is 36.8 Å². The second-order valence-electron chi connectivity index (χ2n) is 9.01. The highest BCUT2D eigenvalue weighted by atomic mass is 19.1. The van der Waals surface area contributed by atoms with Crippen LogP contribution in [0.5, 0.6) is 0 Å². The standard InChI is InChI=1S/C25H25FN4O4/c1-15-2-4-16(5-3-15)24(33)29-10-8-28(9-11-29)21-12-17-14-30(25(34)18(17)13-19(21)26)20-6-7-22(31)27-23(20)32/h2-5,12-13,20H,6-11,14H2,1H3,(H,27,31,32). The summed E-state index contributed by atoms with van der Waals surface area (Å²) in [5.41, 5.74) is 3.01. The SMILES string of the molecule is Cc1ccc(C(=O)N2CCN(c3cc4c(cc3F)C(=O)N(C3CCC(=O)NC3=O)C4)CC2)cc1. The van der Waals surface area contributed by atoms with Gasteiger partial charge >= 0.3 is 0 Å². The minimum atomic E-state index is -0.736. The molecule has 34 heavy (non-hydrogen) atoms. The van der Waals surface area contributed by atoms with E-state index in [0.717, 1.165) is 5.56 Å². The fourth-order valence-electron chi connectivity index (χ4n) is 4.85. The second kappa shape index (κ2) is 8.55. The van der Waals surface area contributed by atoms with Crippen LogP contribution in [0.1, 0.15) is 44.7 Å². The fourth-order valence-corrected chi connectivity index (χ4v) is 4.85. The quantitative estimate of drug-likeness (QED) is 0.701. The molecule has 3 heterocycles. The number of hydrogen-bond donors (Lipinski definition) is 1. The van der Waals surface area contributed by atoms with Gasteiger partial charge in [0.2, 0.25) is 11.8 Å². The van der Waals surface area contributed by atoms with Gasteiger partial charge in [-0.25, -0.2) is 4.39 Å². The maximum atomic E-state index is 15.0. The van der Waals surface area contributed by atoms with Crippen LogP contribution in [0, 0.1) is 12.7 Å². The predicted molar refractivity (Wildman–Crippen MR) is 122 cm³/mol. The van der Waals surface area contributed by atoms with Crippen molar-refractivity contribution < 1.29 is 23.6 Å². The van der Waals surface area contributed by atoms with Crippen LogP contribution in [0.2, 0.25) is 0 Å². The Morgan fingerprint density at radius 1 is 1.03 bits per heavy atom. The summed E-state index contributed by atoms with van der Waals surface area (Å²) in [5, 5.41) is 2.27. The van der Waals surface area contributed by atoms with Crippen molar-refractivity contribution in [2.24, 2.45) is 0 Å². The first kappa shape index (κ1) is 22.1. The van der Waals surface area contributed by atoms with Crippen LogP contribution >= 0.6 is 0 Å². The van der Waals surface area contributed by atoms with Crippen LogP contribution in [-0.2, 0) is 16.1 Å². The summed E-state index contributed by atoms with van der Waals surface area (Å²) in [6.07, 6.45) is 0.429. The molecule has 0 aromatic heterocycles. The van der Waals surface area contributed by atoms with Crippen LogP contribution < -0.4 is 10.2 Å². The van der Waals surface area contributed by atoms with Gasteiger partial charge in [0.05, 0.1) is 5.69 Å². The van der Waals surface area contributed by atoms with E-state index < -0.39 is 23.7 Å². The van der Waals surface area contributed by atoms with Crippen LogP contribution in [0.25, 0.3) is 0 Å². The number of nitrogens with zero attached hydrogens (tertiary/aromatic N) is 3. The molecule has 4 amide bonds. The minimum absolute atomic E-state index is 0.0421. The Bertz CT molecular complexity index is 1190. The van der Waals surface area contributed by atoms with Gasteiger partial charge in [-0.3, -0.25) is 24.5 Å². The zero-order valence-electron chi connectivity index (χ0n) is 18.8. The summed E-state index contributed by atoms with van der Waals surface area (Å²) >= 11 is 0. The largest absolute Gasteiger partial charge is 0.366 e. The van der Waals surface area contributed by atoms with Gasteiger partial charge in [0.15, 0.2) is 0 Å². The van der Waals surface area contributed by atoms with Gasteiger partial charge < -0.3 is 14.7 Å². The number of benzene rings is 2. The maximum absolute atomic E-state index is 15.0. The molecule has 0 radical (unpaired) electrons. The van der Waals surface area contributed by atoms with Crippen molar-refractivity contribution in [3.63, 3.8) is 0 Å². The van der Waals surface area contributed by atoms with Crippen molar-refractivity contribution in [2.45, 2.75) is 32.4 Å². The lowest BCUT2D eigenvalue weighted by Crippen LogP contribution is -2.52. The summed E-state index contributed by atoms with van der Waals surface area (Å²) in [4.78, 5) is 54.4. The average molecular weight is 464 g/mol. The molecule has 0 bridgehead atoms. The van der Waals surface area contributed by atoms with Crippen molar-refractivity contribution in [2.75, 3.05) is 31.1 Å². The van der Waals surface area contributed by atoms with E-state index in [0.29, 0.717) is 43.0 Å². The van der Waals surface area contributed by atoms with Crippen molar-refractivity contribution in [3.05, 3.63) is 64.5 Å². The molecular weight excluding hydrogens is 439 g/mol. The number of halogens is 1. The Kier molecular flexibility index (Phi) is 5.55. The number of nitrogens with one attached hydrogen (secondary N) is 1. The third kappa shape index (κ3) is 3.91. The Morgan fingerprint density at radius 3 is 2.41 bits per heavy atom. The Balaban J connectivity index is 1.28. The highest BCUT2D eigenvalue weighted by molar-refractivity contribution is 6.05. The number of carbonyl (C=O) groups excluding carboxylic acids is 4. The van der Waals surface area contributed by atoms with Crippen LogP contribution in [0.15, 0.2) is 36.4 Å². The number of piperidine rings is 1. The summed E-state index contributed by atoms with van der Waals surface area (Å²) in [5.74, 6) is -1.79. The van der Waals surface area contributed by atoms with Gasteiger partial charge in [0.1, 0.15) is 11.9 Å². The number of fused-ring (bicyclic) bond motifs is 1. The lowest BCUT2D eigenvalue weighted by molar-refractivity contribution is -0.136. The summed E-state index contributed by atoms with van der Waals surface area (Å²) in [6.45, 7) is 4.03. The number of amides is 4. The first-order valence-corrected chi connectivity index (χ1v) is 11.4. The van der Waals surface area contributed by atoms with Crippen LogP contribution in [0.4, 0.5) is 10.1 Å². The van der Waals surface area contributed by atoms with E-state index in [4.69, 9.17) is 0 Å². The fraction of sp³-hybridized carbons (Fsp3) is 0.360. The molecule has 1 atom stereocenters. The first-order valence-electron chi connectivity index (χ1n) is 11.4. The third-order valence-corrected chi connectivity index (χ3v) is 6.80. The number of rotatable bonds is 3. The Hall–Kier alpha value is -3.75. The lowest BCUT2D eigenvalue weighted by atomic mass is 10.0. The molecule has 2 saturated heterocycles. The minimum Gasteiger partial charge on any atom is -0.366 e. The van der Waals surface area contributed by atoms with Gasteiger partial charge in [0, 0.05) is 50.3 Å². The van der Waals surface area contributed by atoms with Crippen molar-refractivity contribution in [3.8, 4) is 0 Å². The molecule has 3 aliphatic rings. The predicted octanol–water partition coefficient (Wildman–Crippen LogP) is 1.86. The van der Waals surface area contributed by atoms with Gasteiger partial charge in [-0.15, -0.1) is 0 Å². The number of piperazine rings is 1. The lowest BCUT2D eigenvalue weighted by Gasteiger charge is -2.36. The molecule has 176 valence electrons. The van der Waals surface area contributed by atoms with Crippen molar-refractivity contribution in [1.29, 1.82) is 0 Å². The highest BCUT2D eigenvalue weighted by Gasteiger charge is 2.40. The van der Waals surface area contributed by atoms with E-state index in [2.05, 4.69) is 5.32 Å². The molecule has 3 aliphatic heterocycles. The zero-order chi connectivity index (χ0) is 24.0. The molecule has 5 rings (SSSR count). The molecule has 0 spiro atoms. The molecule has 8 nitrogen and oxygen atoms in total. The molecule has 0 aliphatic carbocycles. The van der Waals surface area contributed by atoms with E-state index in [1.807, 2.05) is 36.1 Å². The highest BCUT2D eigenvalue weighted by Crippen LogP contribution is 2.33. The molecule has 2 aromatic carbocycles. The number of hydrogen-bond acceptors (Lipinski definition) is 5. The Morgan fingerprint density at radius 2 is 1.74 bits per heavy atom. The van der Waals surface area contributed by atoms with Gasteiger partial charge in [-0.05, 0) is 43.2 Å². The summed E-state index contributed by atoms with van der Waals surface area (Å²) in [7, 11) is 0. The van der Waals surface area contributed by atoms with Gasteiger partial charge in [-0.1, -0.05) is 17.7 Å². The second-order valence-corrected chi connectivity index (χ2v) is 9.01. The summed E-state index contributed by atoms with van der Waals surface area (Å²) in [6, 6.07) is 9.62. The number of anilines is 1. The van der Waals surface area contributed by atoms with Crippen molar-refractivity contribution in [1.82, 2.24) is 15.1 Å². The molecule has 0 saturated carbocycles. The normalized spacial score (nSPS) is 20.5. The third-order valence-electron chi connectivity index (χ3n) is 6.80. The van der Waals surface area contributed by atoms with E-state index in [1.54, 1.807) is 11.0 Å². The molecule has 1 unspecified atom stereocenters. The van der Waals surface area contributed by atoms with Crippen LogP contribution in [-0.4, -0.2) is 65.6 Å². The number of imide groups is 1. The molecule has 1 N–H and O–H groups in total. The average Bonchev–Trinajstić information content (AvgIpc) is 3.14. The smallest absolute Gasteiger partial charge is 0.255 e. The first-order chi connectivity index (χ1) is 16.3. The topological polar surface area (TPSA) is 90.0 Å². The zero-order valence-corrected chi connectivity index (χ0v) is 18.8. The maximum Gasteiger partial charge on any atom is 0.255 e. The Labute approximate surface area is 196 Å². The molecular formula is C25H25FN4O4.